The second-order valence-electron chi connectivity index (χ2n) is 6.37. The van der Waals surface area contributed by atoms with Crippen LogP contribution in [0.3, 0.4) is 0 Å². The van der Waals surface area contributed by atoms with Crippen molar-refractivity contribution in [2.45, 2.75) is 57.5 Å². The van der Waals surface area contributed by atoms with Gasteiger partial charge in [-0.2, -0.15) is 0 Å². The van der Waals surface area contributed by atoms with Gasteiger partial charge in [-0.3, -0.25) is 4.79 Å². The van der Waals surface area contributed by atoms with Gasteiger partial charge in [0, 0.05) is 18.0 Å². The number of piperidine rings is 1. The van der Waals surface area contributed by atoms with Crippen molar-refractivity contribution in [2.24, 2.45) is 17.8 Å². The highest BCUT2D eigenvalue weighted by Crippen LogP contribution is 2.48. The number of nitrogens with one attached hydrogen (secondary N) is 2. The van der Waals surface area contributed by atoms with Crippen LogP contribution in [0.25, 0.3) is 0 Å². The average molecular weight is 236 g/mol. The van der Waals surface area contributed by atoms with Gasteiger partial charge in [0.1, 0.15) is 0 Å². The van der Waals surface area contributed by atoms with E-state index in [9.17, 15) is 4.79 Å². The van der Waals surface area contributed by atoms with Gasteiger partial charge in [-0.1, -0.05) is 6.42 Å². The van der Waals surface area contributed by atoms with Gasteiger partial charge in [-0.05, 0) is 57.4 Å². The number of hydrogen-bond donors (Lipinski definition) is 2. The van der Waals surface area contributed by atoms with Crippen molar-refractivity contribution < 1.29 is 4.79 Å². The van der Waals surface area contributed by atoms with E-state index < -0.39 is 0 Å². The molecule has 2 N–H and O–H groups in total. The fraction of sp³-hybridized carbons (Fsp3) is 0.929. The number of rotatable bonds is 2. The van der Waals surface area contributed by atoms with Gasteiger partial charge >= 0.3 is 0 Å². The fourth-order valence-corrected chi connectivity index (χ4v) is 4.14. The summed E-state index contributed by atoms with van der Waals surface area (Å²) in [5.41, 5.74) is 0. The van der Waals surface area contributed by atoms with Gasteiger partial charge < -0.3 is 10.6 Å². The lowest BCUT2D eigenvalue weighted by molar-refractivity contribution is -0.127. The molecule has 0 aromatic rings. The Balaban J connectivity index is 1.53. The van der Waals surface area contributed by atoms with Gasteiger partial charge in [0.25, 0.3) is 0 Å². The highest BCUT2D eigenvalue weighted by Gasteiger charge is 2.43. The quantitative estimate of drug-likeness (QED) is 0.766. The van der Waals surface area contributed by atoms with Crippen LogP contribution in [0.2, 0.25) is 0 Å². The van der Waals surface area contributed by atoms with Gasteiger partial charge in [0.2, 0.25) is 5.91 Å². The Hall–Kier alpha value is -0.570. The first kappa shape index (κ1) is 11.5. The molecule has 2 bridgehead atoms. The maximum absolute atomic E-state index is 12.3. The molecule has 0 aromatic carbocycles. The molecule has 1 heterocycles. The fourth-order valence-electron chi connectivity index (χ4n) is 4.14. The molecule has 3 aliphatic rings. The van der Waals surface area contributed by atoms with Crippen LogP contribution in [-0.2, 0) is 4.79 Å². The zero-order valence-electron chi connectivity index (χ0n) is 10.7. The molecule has 0 radical (unpaired) electrons. The van der Waals surface area contributed by atoms with Crippen LogP contribution in [0.1, 0.15) is 45.4 Å². The van der Waals surface area contributed by atoms with Gasteiger partial charge in [0.05, 0.1) is 0 Å². The Morgan fingerprint density at radius 3 is 2.71 bits per heavy atom. The van der Waals surface area contributed by atoms with E-state index in [4.69, 9.17) is 0 Å². The van der Waals surface area contributed by atoms with E-state index in [-0.39, 0.29) is 0 Å². The summed E-state index contributed by atoms with van der Waals surface area (Å²) >= 11 is 0. The molecule has 3 nitrogen and oxygen atoms in total. The van der Waals surface area contributed by atoms with Crippen molar-refractivity contribution in [1.82, 2.24) is 10.6 Å². The molecular formula is C14H24N2O. The van der Waals surface area contributed by atoms with Crippen LogP contribution in [0.5, 0.6) is 0 Å². The Morgan fingerprint density at radius 1 is 1.18 bits per heavy atom. The number of amides is 1. The number of carbonyl (C=O) groups excluding carboxylic acids is 1. The zero-order valence-corrected chi connectivity index (χ0v) is 10.7. The van der Waals surface area contributed by atoms with Crippen molar-refractivity contribution in [3.05, 3.63) is 0 Å². The molecule has 3 fully saturated rings. The second kappa shape index (κ2) is 4.60. The SMILES string of the molecule is CC1CC(NC(=O)C2CC3CCC2C3)CCN1. The monoisotopic (exact) mass is 236 g/mol. The van der Waals surface area contributed by atoms with Crippen molar-refractivity contribution >= 4 is 5.91 Å². The zero-order chi connectivity index (χ0) is 11.8. The molecule has 0 aromatic heterocycles. The van der Waals surface area contributed by atoms with E-state index in [2.05, 4.69) is 17.6 Å². The van der Waals surface area contributed by atoms with Crippen LogP contribution in [0, 0.1) is 17.8 Å². The molecular weight excluding hydrogens is 212 g/mol. The maximum atomic E-state index is 12.3. The Morgan fingerprint density at radius 2 is 2.06 bits per heavy atom. The Kier molecular flexibility index (Phi) is 3.12. The Bertz CT molecular complexity index is 305. The smallest absolute Gasteiger partial charge is 0.223 e. The van der Waals surface area contributed by atoms with E-state index >= 15 is 0 Å². The normalized spacial score (nSPS) is 44.9. The van der Waals surface area contributed by atoms with Crippen molar-refractivity contribution in [1.29, 1.82) is 0 Å². The predicted molar refractivity (Wildman–Crippen MR) is 67.6 cm³/mol. The number of carbonyl (C=O) groups is 1. The highest BCUT2D eigenvalue weighted by atomic mass is 16.2. The number of hydrogen-bond acceptors (Lipinski definition) is 2. The minimum atomic E-state index is 0.346. The molecule has 17 heavy (non-hydrogen) atoms. The minimum absolute atomic E-state index is 0.346. The molecule has 96 valence electrons. The summed E-state index contributed by atoms with van der Waals surface area (Å²) in [7, 11) is 0. The van der Waals surface area contributed by atoms with Gasteiger partial charge in [-0.15, -0.1) is 0 Å². The molecule has 1 amide bonds. The summed E-state index contributed by atoms with van der Waals surface area (Å²) in [6.07, 6.45) is 7.34. The predicted octanol–water partition coefficient (Wildman–Crippen LogP) is 1.68. The van der Waals surface area contributed by atoms with Crippen molar-refractivity contribution in [2.75, 3.05) is 6.54 Å². The van der Waals surface area contributed by atoms with Crippen LogP contribution < -0.4 is 10.6 Å². The Labute approximate surface area is 104 Å². The van der Waals surface area contributed by atoms with Crippen LogP contribution >= 0.6 is 0 Å². The summed E-state index contributed by atoms with van der Waals surface area (Å²) in [5, 5.41) is 6.73. The topological polar surface area (TPSA) is 41.1 Å². The second-order valence-corrected chi connectivity index (χ2v) is 6.37. The maximum Gasteiger partial charge on any atom is 0.223 e. The third kappa shape index (κ3) is 2.35. The molecule has 5 atom stereocenters. The lowest BCUT2D eigenvalue weighted by Gasteiger charge is -2.30. The van der Waals surface area contributed by atoms with E-state index in [1.165, 1.54) is 19.3 Å². The molecule has 3 rings (SSSR count). The average Bonchev–Trinajstić information content (AvgIpc) is 2.90. The first-order chi connectivity index (χ1) is 8.22. The third-order valence-corrected chi connectivity index (χ3v) is 5.04. The van der Waals surface area contributed by atoms with Crippen LogP contribution in [-0.4, -0.2) is 24.5 Å². The summed E-state index contributed by atoms with van der Waals surface area (Å²) < 4.78 is 0. The van der Waals surface area contributed by atoms with Gasteiger partial charge in [0.15, 0.2) is 0 Å². The van der Waals surface area contributed by atoms with Gasteiger partial charge in [-0.25, -0.2) is 0 Å². The summed E-state index contributed by atoms with van der Waals surface area (Å²) in [4.78, 5) is 12.3. The largest absolute Gasteiger partial charge is 0.353 e. The summed E-state index contributed by atoms with van der Waals surface area (Å²) in [5.74, 6) is 2.28. The van der Waals surface area contributed by atoms with E-state index in [0.29, 0.717) is 29.8 Å². The van der Waals surface area contributed by atoms with Crippen LogP contribution in [0.15, 0.2) is 0 Å². The molecule has 3 heteroatoms. The first-order valence-corrected chi connectivity index (χ1v) is 7.26. The molecule has 2 saturated carbocycles. The molecule has 5 unspecified atom stereocenters. The lowest BCUT2D eigenvalue weighted by atomic mass is 9.87. The molecule has 1 aliphatic heterocycles. The van der Waals surface area contributed by atoms with E-state index in [1.54, 1.807) is 0 Å². The van der Waals surface area contributed by atoms with Crippen LogP contribution in [0.4, 0.5) is 0 Å². The summed E-state index contributed by atoms with van der Waals surface area (Å²) in [6.45, 7) is 3.25. The lowest BCUT2D eigenvalue weighted by Crippen LogP contribution is -2.48. The standard InChI is InChI=1S/C14H24N2O/c1-9-6-12(4-5-15-9)16-14(17)13-8-10-2-3-11(13)7-10/h9-13,15H,2-8H2,1H3,(H,16,17). The first-order valence-electron chi connectivity index (χ1n) is 7.26. The molecule has 2 aliphatic carbocycles. The minimum Gasteiger partial charge on any atom is -0.353 e. The third-order valence-electron chi connectivity index (χ3n) is 5.04. The van der Waals surface area contributed by atoms with Crippen molar-refractivity contribution in [3.8, 4) is 0 Å². The molecule has 0 spiro atoms. The summed E-state index contributed by atoms with van der Waals surface area (Å²) in [6, 6.07) is 0.965. The van der Waals surface area contributed by atoms with E-state index in [1.807, 2.05) is 0 Å². The number of fused-ring (bicyclic) bond motifs is 2. The van der Waals surface area contributed by atoms with Crippen molar-refractivity contribution in [3.63, 3.8) is 0 Å². The highest BCUT2D eigenvalue weighted by molar-refractivity contribution is 5.79. The molecule has 1 saturated heterocycles. The van der Waals surface area contributed by atoms with E-state index in [0.717, 1.165) is 31.7 Å².